The monoisotopic (exact) mass is 481 g/mol. The molecule has 2 heterocycles. The molecule has 1 aliphatic carbocycles. The van der Waals surface area contributed by atoms with Crippen molar-refractivity contribution >= 4 is 11.8 Å². The zero-order chi connectivity index (χ0) is 24.7. The quantitative estimate of drug-likeness (QED) is 0.465. The average Bonchev–Trinajstić information content (AvgIpc) is 2.81. The number of hydrogen-bond donors (Lipinski definition) is 2. The Balaban J connectivity index is 1.68. The molecule has 34 heavy (non-hydrogen) atoms. The first-order chi connectivity index (χ1) is 16.3. The van der Waals surface area contributed by atoms with E-state index in [1.165, 1.54) is 0 Å². The van der Waals surface area contributed by atoms with Gasteiger partial charge < -0.3 is 24.8 Å². The molecule has 0 aromatic rings. The van der Waals surface area contributed by atoms with Crippen LogP contribution in [0.4, 0.5) is 0 Å². The molecule has 7 unspecified atom stereocenters. The van der Waals surface area contributed by atoms with E-state index in [-0.39, 0.29) is 53.7 Å². The van der Waals surface area contributed by atoms with Crippen molar-refractivity contribution in [1.82, 2.24) is 15.5 Å². The van der Waals surface area contributed by atoms with Crippen LogP contribution >= 0.6 is 0 Å². The van der Waals surface area contributed by atoms with E-state index in [2.05, 4.69) is 36.3 Å². The van der Waals surface area contributed by atoms with Gasteiger partial charge in [-0.05, 0) is 57.4 Å². The summed E-state index contributed by atoms with van der Waals surface area (Å²) in [5.74, 6) is 0.273. The van der Waals surface area contributed by atoms with Gasteiger partial charge in [0.1, 0.15) is 0 Å². The van der Waals surface area contributed by atoms with Crippen molar-refractivity contribution in [2.45, 2.75) is 84.0 Å². The third-order valence-electron chi connectivity index (χ3n) is 8.33. The Hall–Kier alpha value is -1.22. The highest BCUT2D eigenvalue weighted by molar-refractivity contribution is 5.83. The van der Waals surface area contributed by atoms with Crippen molar-refractivity contribution < 1.29 is 23.8 Å². The van der Waals surface area contributed by atoms with Crippen LogP contribution < -0.4 is 10.6 Å². The highest BCUT2D eigenvalue weighted by Gasteiger charge is 2.43. The second-order valence-corrected chi connectivity index (χ2v) is 10.6. The number of ether oxygens (including phenoxy) is 3. The molecule has 3 aliphatic rings. The van der Waals surface area contributed by atoms with Crippen LogP contribution in [0.2, 0.25) is 0 Å². The largest absolute Gasteiger partial charge is 0.382 e. The van der Waals surface area contributed by atoms with E-state index in [9.17, 15) is 9.59 Å². The first-order valence-electron chi connectivity index (χ1n) is 13.4. The topological polar surface area (TPSA) is 89.1 Å². The van der Waals surface area contributed by atoms with Crippen LogP contribution in [0, 0.1) is 23.7 Å². The summed E-state index contributed by atoms with van der Waals surface area (Å²) in [6.45, 7) is 12.6. The molecule has 2 N–H and O–H groups in total. The lowest BCUT2D eigenvalue weighted by Crippen LogP contribution is -2.56. The molecular weight excluding hydrogens is 434 g/mol. The number of nitrogens with one attached hydrogen (secondary N) is 2. The molecule has 7 atom stereocenters. The normalized spacial score (nSPS) is 35.2. The molecule has 196 valence electrons. The minimum absolute atomic E-state index is 0.0266. The van der Waals surface area contributed by atoms with E-state index in [0.29, 0.717) is 32.2 Å². The second-order valence-electron chi connectivity index (χ2n) is 10.6. The molecule has 0 aromatic carbocycles. The Kier molecular flexibility index (Phi) is 10.6. The standard InChI is InChI=1S/C26H47N3O5/c1-6-29(20-7-9-33-10-8-20)24-15-21(34-12-11-32-5)14-22(19(24)4)25(30)27-16-23-17(2)13-18(3)28-26(23)31/h17-24H,6-16H2,1-5H3,(H,27,30)(H,28,31). The number of piperidine rings is 1. The van der Waals surface area contributed by atoms with Crippen molar-refractivity contribution in [3.05, 3.63) is 0 Å². The van der Waals surface area contributed by atoms with Crippen LogP contribution in [0.1, 0.15) is 59.8 Å². The van der Waals surface area contributed by atoms with Crippen molar-refractivity contribution in [3.63, 3.8) is 0 Å². The van der Waals surface area contributed by atoms with Gasteiger partial charge in [-0.15, -0.1) is 0 Å². The molecule has 3 fully saturated rings. The Morgan fingerprint density at radius 1 is 1.15 bits per heavy atom. The summed E-state index contributed by atoms with van der Waals surface area (Å²) in [5, 5.41) is 6.19. The van der Waals surface area contributed by atoms with Gasteiger partial charge in [-0.3, -0.25) is 14.5 Å². The van der Waals surface area contributed by atoms with Gasteiger partial charge in [0.25, 0.3) is 0 Å². The zero-order valence-corrected chi connectivity index (χ0v) is 21.9. The van der Waals surface area contributed by atoms with Gasteiger partial charge in [0.15, 0.2) is 0 Å². The van der Waals surface area contributed by atoms with E-state index in [1.807, 2.05) is 6.92 Å². The number of nitrogens with zero attached hydrogens (tertiary/aromatic N) is 1. The fourth-order valence-electron chi connectivity index (χ4n) is 6.37. The molecule has 2 amide bonds. The fourth-order valence-corrected chi connectivity index (χ4v) is 6.37. The van der Waals surface area contributed by atoms with Crippen molar-refractivity contribution in [1.29, 1.82) is 0 Å². The molecule has 3 rings (SSSR count). The van der Waals surface area contributed by atoms with Gasteiger partial charge >= 0.3 is 0 Å². The Morgan fingerprint density at radius 2 is 1.88 bits per heavy atom. The number of amides is 2. The number of carbonyl (C=O) groups excluding carboxylic acids is 2. The maximum absolute atomic E-state index is 13.5. The Bertz CT molecular complexity index is 656. The third kappa shape index (κ3) is 6.93. The second kappa shape index (κ2) is 13.2. The first-order valence-corrected chi connectivity index (χ1v) is 13.4. The molecule has 8 nitrogen and oxygen atoms in total. The van der Waals surface area contributed by atoms with Crippen LogP contribution in [0.3, 0.4) is 0 Å². The summed E-state index contributed by atoms with van der Waals surface area (Å²) in [6.07, 6.45) is 4.69. The molecular formula is C26H47N3O5. The summed E-state index contributed by atoms with van der Waals surface area (Å²) < 4.78 is 17.0. The maximum Gasteiger partial charge on any atom is 0.225 e. The van der Waals surface area contributed by atoms with E-state index >= 15 is 0 Å². The van der Waals surface area contributed by atoms with Gasteiger partial charge in [0, 0.05) is 50.9 Å². The summed E-state index contributed by atoms with van der Waals surface area (Å²) in [5.41, 5.74) is 0. The average molecular weight is 482 g/mol. The van der Waals surface area contributed by atoms with Crippen molar-refractivity contribution in [2.24, 2.45) is 23.7 Å². The highest BCUT2D eigenvalue weighted by Crippen LogP contribution is 2.37. The Morgan fingerprint density at radius 3 is 2.53 bits per heavy atom. The first kappa shape index (κ1) is 27.4. The summed E-state index contributed by atoms with van der Waals surface area (Å²) >= 11 is 0. The summed E-state index contributed by atoms with van der Waals surface area (Å²) in [4.78, 5) is 28.6. The smallest absolute Gasteiger partial charge is 0.225 e. The number of carbonyl (C=O) groups is 2. The maximum atomic E-state index is 13.5. The number of methoxy groups -OCH3 is 1. The minimum Gasteiger partial charge on any atom is -0.382 e. The molecule has 0 spiro atoms. The van der Waals surface area contributed by atoms with Crippen LogP contribution in [0.15, 0.2) is 0 Å². The van der Waals surface area contributed by atoms with Gasteiger partial charge in [-0.1, -0.05) is 20.8 Å². The molecule has 2 aliphatic heterocycles. The summed E-state index contributed by atoms with van der Waals surface area (Å²) in [7, 11) is 1.68. The third-order valence-corrected chi connectivity index (χ3v) is 8.33. The van der Waals surface area contributed by atoms with Gasteiger partial charge in [-0.2, -0.15) is 0 Å². The van der Waals surface area contributed by atoms with E-state index in [1.54, 1.807) is 7.11 Å². The van der Waals surface area contributed by atoms with Crippen molar-refractivity contribution in [3.8, 4) is 0 Å². The van der Waals surface area contributed by atoms with Gasteiger partial charge in [0.2, 0.25) is 11.8 Å². The molecule has 1 saturated carbocycles. The minimum atomic E-state index is -0.169. The Labute approximate surface area is 205 Å². The van der Waals surface area contributed by atoms with Crippen LogP contribution in [0.25, 0.3) is 0 Å². The fraction of sp³-hybridized carbons (Fsp3) is 0.923. The molecule has 0 bridgehead atoms. The predicted octanol–water partition coefficient (Wildman–Crippen LogP) is 2.21. The lowest BCUT2D eigenvalue weighted by atomic mass is 9.73. The zero-order valence-electron chi connectivity index (χ0n) is 21.9. The highest BCUT2D eigenvalue weighted by atomic mass is 16.5. The summed E-state index contributed by atoms with van der Waals surface area (Å²) in [6, 6.07) is 0.966. The molecule has 0 radical (unpaired) electrons. The molecule has 8 heteroatoms. The lowest BCUT2D eigenvalue weighted by Gasteiger charge is -2.48. The predicted molar refractivity (Wildman–Crippen MR) is 131 cm³/mol. The van der Waals surface area contributed by atoms with E-state index in [4.69, 9.17) is 14.2 Å². The van der Waals surface area contributed by atoms with Crippen LogP contribution in [0.5, 0.6) is 0 Å². The van der Waals surface area contributed by atoms with Gasteiger partial charge in [0.05, 0.1) is 25.2 Å². The van der Waals surface area contributed by atoms with Gasteiger partial charge in [-0.25, -0.2) is 0 Å². The SMILES string of the molecule is CCN(C1CCOCC1)C1CC(OCCOC)CC(C(=O)NCC2C(=O)NC(C)CC2C)C1C. The number of hydrogen-bond acceptors (Lipinski definition) is 6. The van der Waals surface area contributed by atoms with Crippen LogP contribution in [-0.4, -0.2) is 87.6 Å². The van der Waals surface area contributed by atoms with Crippen molar-refractivity contribution in [2.75, 3.05) is 46.6 Å². The lowest BCUT2D eigenvalue weighted by molar-refractivity contribution is -0.136. The van der Waals surface area contributed by atoms with E-state index < -0.39 is 0 Å². The number of rotatable bonds is 10. The molecule has 2 saturated heterocycles. The van der Waals surface area contributed by atoms with E-state index in [0.717, 1.165) is 45.4 Å². The van der Waals surface area contributed by atoms with Crippen LogP contribution in [-0.2, 0) is 23.8 Å². The molecule has 0 aromatic heterocycles.